The summed E-state index contributed by atoms with van der Waals surface area (Å²) >= 11 is 3.32. The lowest BCUT2D eigenvalue weighted by Gasteiger charge is -2.18. The molecule has 1 aliphatic rings. The van der Waals surface area contributed by atoms with Gasteiger partial charge in [0.05, 0.1) is 4.92 Å². The third-order valence-corrected chi connectivity index (χ3v) is 5.15. The summed E-state index contributed by atoms with van der Waals surface area (Å²) in [7, 11) is 0. The first-order valence-electron chi connectivity index (χ1n) is 9.41. The van der Waals surface area contributed by atoms with E-state index in [9.17, 15) is 19.7 Å². The fraction of sp³-hybridized carbons (Fsp3) is 0.300. The van der Waals surface area contributed by atoms with Crippen molar-refractivity contribution in [2.75, 3.05) is 18.0 Å². The quantitative estimate of drug-likeness (QED) is 0.488. The smallest absolute Gasteiger partial charge is 0.293 e. The summed E-state index contributed by atoms with van der Waals surface area (Å²) in [5.41, 5.74) is 4.98. The number of carbonyl (C=O) groups excluding carboxylic acids is 2. The average Bonchev–Trinajstić information content (AvgIpc) is 3.26. The Bertz CT molecular complexity index is 962. The Hall–Kier alpha value is -3.14. The van der Waals surface area contributed by atoms with E-state index >= 15 is 0 Å². The maximum Gasteiger partial charge on any atom is 0.293 e. The summed E-state index contributed by atoms with van der Waals surface area (Å²) in [5, 5.41) is 11.5. The lowest BCUT2D eigenvalue weighted by molar-refractivity contribution is -0.384. The third kappa shape index (κ3) is 5.26. The van der Waals surface area contributed by atoms with Gasteiger partial charge in [0.25, 0.3) is 17.5 Å². The normalized spacial score (nSPS) is 14.1. The van der Waals surface area contributed by atoms with Crippen molar-refractivity contribution < 1.29 is 19.2 Å². The van der Waals surface area contributed by atoms with Gasteiger partial charge in [-0.05, 0) is 50.1 Å². The number of anilines is 1. The van der Waals surface area contributed by atoms with Crippen LogP contribution in [0, 0.1) is 10.1 Å². The summed E-state index contributed by atoms with van der Waals surface area (Å²) < 4.78 is 6.34. The van der Waals surface area contributed by atoms with Crippen LogP contribution in [-0.2, 0) is 4.79 Å². The molecule has 0 saturated carbocycles. The van der Waals surface area contributed by atoms with Gasteiger partial charge in [0.15, 0.2) is 6.10 Å². The highest BCUT2D eigenvalue weighted by Crippen LogP contribution is 2.31. The monoisotopic (exact) mass is 476 g/mol. The molecule has 1 saturated heterocycles. The molecule has 1 heterocycles. The summed E-state index contributed by atoms with van der Waals surface area (Å²) in [6.07, 6.45) is 1.09. The Morgan fingerprint density at radius 2 is 1.90 bits per heavy atom. The maximum absolute atomic E-state index is 12.4. The standard InChI is InChI=1S/C20H21BrN4O5/c1-13(30-16-6-4-5-15(21)12-16)19(26)22-23-20(27)14-7-8-17(18(11-14)25(28)29)24-9-2-3-10-24/h4-8,11-13H,2-3,9-10H2,1H3,(H,22,26)(H,23,27). The van der Waals surface area contributed by atoms with Gasteiger partial charge >= 0.3 is 0 Å². The molecule has 2 aromatic rings. The van der Waals surface area contributed by atoms with E-state index in [1.807, 2.05) is 11.0 Å². The van der Waals surface area contributed by atoms with Crippen LogP contribution in [-0.4, -0.2) is 35.9 Å². The second-order valence-corrected chi connectivity index (χ2v) is 7.73. The van der Waals surface area contributed by atoms with Crippen LogP contribution >= 0.6 is 15.9 Å². The number of nitro groups is 1. The first-order chi connectivity index (χ1) is 14.3. The molecule has 2 amide bonds. The van der Waals surface area contributed by atoms with Crippen molar-refractivity contribution in [3.8, 4) is 5.75 Å². The molecule has 2 aromatic carbocycles. The zero-order valence-electron chi connectivity index (χ0n) is 16.3. The average molecular weight is 477 g/mol. The number of ether oxygens (including phenoxy) is 1. The highest BCUT2D eigenvalue weighted by molar-refractivity contribution is 9.10. The number of hydrogen-bond acceptors (Lipinski definition) is 6. The van der Waals surface area contributed by atoms with E-state index in [1.165, 1.54) is 19.1 Å². The highest BCUT2D eigenvalue weighted by atomic mass is 79.9. The predicted molar refractivity (Wildman–Crippen MR) is 114 cm³/mol. The number of rotatable bonds is 6. The van der Waals surface area contributed by atoms with E-state index in [1.54, 1.807) is 24.3 Å². The van der Waals surface area contributed by atoms with Gasteiger partial charge in [0.1, 0.15) is 11.4 Å². The van der Waals surface area contributed by atoms with Crippen LogP contribution in [0.4, 0.5) is 11.4 Å². The molecular formula is C20H21BrN4O5. The van der Waals surface area contributed by atoms with Crippen LogP contribution in [0.3, 0.4) is 0 Å². The number of hydrazine groups is 1. The number of halogens is 1. The molecule has 0 bridgehead atoms. The highest BCUT2D eigenvalue weighted by Gasteiger charge is 2.24. The largest absolute Gasteiger partial charge is 0.481 e. The number of hydrogen-bond donors (Lipinski definition) is 2. The number of nitrogens with zero attached hydrogens (tertiary/aromatic N) is 2. The summed E-state index contributed by atoms with van der Waals surface area (Å²) in [4.78, 5) is 37.5. The number of benzene rings is 2. The van der Waals surface area contributed by atoms with Crippen molar-refractivity contribution in [2.24, 2.45) is 0 Å². The topological polar surface area (TPSA) is 114 Å². The molecule has 10 heteroatoms. The van der Waals surface area contributed by atoms with Crippen molar-refractivity contribution >= 4 is 39.1 Å². The van der Waals surface area contributed by atoms with Gasteiger partial charge in [0.2, 0.25) is 0 Å². The van der Waals surface area contributed by atoms with Gasteiger partial charge in [-0.2, -0.15) is 0 Å². The molecule has 30 heavy (non-hydrogen) atoms. The molecule has 1 fully saturated rings. The second kappa shape index (κ2) is 9.57. The zero-order chi connectivity index (χ0) is 21.7. The van der Waals surface area contributed by atoms with E-state index in [0.29, 0.717) is 11.4 Å². The first kappa shape index (κ1) is 21.6. The van der Waals surface area contributed by atoms with E-state index in [-0.39, 0.29) is 11.3 Å². The Labute approximate surface area is 181 Å². The van der Waals surface area contributed by atoms with Crippen molar-refractivity contribution in [3.05, 3.63) is 62.6 Å². The molecule has 0 radical (unpaired) electrons. The van der Waals surface area contributed by atoms with Gasteiger partial charge in [-0.15, -0.1) is 0 Å². The van der Waals surface area contributed by atoms with Crippen molar-refractivity contribution in [2.45, 2.75) is 25.9 Å². The Morgan fingerprint density at radius 3 is 2.57 bits per heavy atom. The fourth-order valence-corrected chi connectivity index (χ4v) is 3.50. The predicted octanol–water partition coefficient (Wildman–Crippen LogP) is 3.19. The molecule has 0 spiro atoms. The maximum atomic E-state index is 12.4. The number of amides is 2. The minimum Gasteiger partial charge on any atom is -0.481 e. The SMILES string of the molecule is CC(Oc1cccc(Br)c1)C(=O)NNC(=O)c1ccc(N2CCCC2)c([N+](=O)[O-])c1. The van der Waals surface area contributed by atoms with E-state index in [4.69, 9.17) is 4.74 Å². The van der Waals surface area contributed by atoms with Crippen LogP contribution in [0.25, 0.3) is 0 Å². The first-order valence-corrected chi connectivity index (χ1v) is 10.2. The lowest BCUT2D eigenvalue weighted by Crippen LogP contribution is -2.47. The van der Waals surface area contributed by atoms with Crippen LogP contribution < -0.4 is 20.5 Å². The third-order valence-electron chi connectivity index (χ3n) is 4.66. The Kier molecular flexibility index (Phi) is 6.88. The zero-order valence-corrected chi connectivity index (χ0v) is 17.8. The van der Waals surface area contributed by atoms with Gasteiger partial charge in [0, 0.05) is 29.2 Å². The minimum atomic E-state index is -0.869. The second-order valence-electron chi connectivity index (χ2n) is 6.82. The number of carbonyl (C=O) groups is 2. The molecule has 1 unspecified atom stereocenters. The van der Waals surface area contributed by atoms with Gasteiger partial charge in [-0.1, -0.05) is 22.0 Å². The van der Waals surface area contributed by atoms with Crippen LogP contribution in [0.2, 0.25) is 0 Å². The van der Waals surface area contributed by atoms with Gasteiger partial charge in [-0.25, -0.2) is 0 Å². The van der Waals surface area contributed by atoms with Crippen molar-refractivity contribution in [1.29, 1.82) is 0 Å². The molecule has 1 atom stereocenters. The van der Waals surface area contributed by atoms with E-state index in [0.717, 1.165) is 30.4 Å². The van der Waals surface area contributed by atoms with Gasteiger partial charge < -0.3 is 9.64 Å². The molecular weight excluding hydrogens is 456 g/mol. The van der Waals surface area contributed by atoms with Crippen molar-refractivity contribution in [1.82, 2.24) is 10.9 Å². The Morgan fingerprint density at radius 1 is 1.17 bits per heavy atom. The van der Waals surface area contributed by atoms with Crippen LogP contribution in [0.5, 0.6) is 5.75 Å². The lowest BCUT2D eigenvalue weighted by atomic mass is 10.1. The van der Waals surface area contributed by atoms with Crippen LogP contribution in [0.15, 0.2) is 46.9 Å². The van der Waals surface area contributed by atoms with Crippen LogP contribution in [0.1, 0.15) is 30.1 Å². The summed E-state index contributed by atoms with van der Waals surface area (Å²) in [5.74, 6) is -0.730. The molecule has 0 aromatic heterocycles. The van der Waals surface area contributed by atoms with E-state index < -0.39 is 22.8 Å². The number of nitro benzene ring substituents is 1. The number of nitrogens with one attached hydrogen (secondary N) is 2. The molecule has 1 aliphatic heterocycles. The summed E-state index contributed by atoms with van der Waals surface area (Å²) in [6, 6.07) is 11.3. The molecule has 2 N–H and O–H groups in total. The van der Waals surface area contributed by atoms with Crippen molar-refractivity contribution in [3.63, 3.8) is 0 Å². The minimum absolute atomic E-state index is 0.0745. The molecule has 0 aliphatic carbocycles. The molecule has 9 nitrogen and oxygen atoms in total. The van der Waals surface area contributed by atoms with E-state index in [2.05, 4.69) is 26.8 Å². The Balaban J connectivity index is 1.61. The molecule has 3 rings (SSSR count). The molecule has 158 valence electrons. The summed E-state index contributed by atoms with van der Waals surface area (Å²) in [6.45, 7) is 3.04. The fourth-order valence-electron chi connectivity index (χ4n) is 3.13. The van der Waals surface area contributed by atoms with Gasteiger partial charge in [-0.3, -0.25) is 30.6 Å².